The maximum absolute atomic E-state index is 7.87. The van der Waals surface area contributed by atoms with E-state index in [1.54, 1.807) is 0 Å². The van der Waals surface area contributed by atoms with Gasteiger partial charge < -0.3 is 13.9 Å². The standard InChI is InChI=1S/C98H83BN2O/c1-96(2,3)70-45-43-63(44-46-70)78-58-72(48-49-83(78)98(7,8)9)100-86-55-69(89-79(66-35-25-33-64(51-66)60-27-13-10-14-28-60)53-68(62-31-17-12-18-32-62)54-80(89)67-36-26-34-65(52-67)61-29-15-11-16-30-61)56-87-92(86)99(95-93(100)82-57-71(97(4,5)6)47-50-88(82)102-95)84-59-81-75-39-20-19-37-73(75)74-38-21-22-40-76(74)90(81)91-77-41-23-24-42-85(77)101(87)94(84)91/h10,12-14,17-28,31-59,61H,11,15-16,29-30H2,1-9H3. The Hall–Kier alpha value is -10.9. The first-order chi connectivity index (χ1) is 49.5. The van der Waals surface area contributed by atoms with Crippen LogP contribution < -0.4 is 21.5 Å². The van der Waals surface area contributed by atoms with E-state index in [9.17, 15) is 0 Å². The molecule has 1 fully saturated rings. The van der Waals surface area contributed by atoms with Crippen molar-refractivity contribution in [3.8, 4) is 72.4 Å². The molecule has 0 unspecified atom stereocenters. The summed E-state index contributed by atoms with van der Waals surface area (Å²) in [4.78, 5) is 2.65. The molecule has 494 valence electrons. The highest BCUT2D eigenvalue weighted by Crippen LogP contribution is 2.53. The molecule has 4 heterocycles. The van der Waals surface area contributed by atoms with Gasteiger partial charge in [0, 0.05) is 38.6 Å². The highest BCUT2D eigenvalue weighted by molar-refractivity contribution is 7.00. The summed E-state index contributed by atoms with van der Waals surface area (Å²) in [7, 11) is 0. The third-order valence-corrected chi connectivity index (χ3v) is 23.1. The zero-order chi connectivity index (χ0) is 69.1. The Labute approximate surface area is 599 Å². The maximum Gasteiger partial charge on any atom is 0.297 e. The molecular weight excluding hydrogens is 1230 g/mol. The van der Waals surface area contributed by atoms with Crippen molar-refractivity contribution in [2.24, 2.45) is 0 Å². The zero-order valence-electron chi connectivity index (χ0n) is 60.0. The van der Waals surface area contributed by atoms with E-state index >= 15 is 0 Å². The molecule has 1 aliphatic carbocycles. The molecule has 0 N–H and O–H groups in total. The van der Waals surface area contributed by atoms with Crippen molar-refractivity contribution in [3.05, 3.63) is 295 Å². The minimum absolute atomic E-state index is 0.000768. The van der Waals surface area contributed by atoms with Gasteiger partial charge in [-0.2, -0.15) is 0 Å². The van der Waals surface area contributed by atoms with Gasteiger partial charge in [-0.15, -0.1) is 0 Å². The maximum atomic E-state index is 7.87. The molecule has 0 bridgehead atoms. The van der Waals surface area contributed by atoms with Crippen molar-refractivity contribution >= 4 is 105 Å². The highest BCUT2D eigenvalue weighted by Gasteiger charge is 2.47. The number of nitrogens with zero attached hydrogens (tertiary/aromatic N) is 2. The molecule has 1 saturated carbocycles. The van der Waals surface area contributed by atoms with E-state index in [1.165, 1.54) is 175 Å². The number of fused-ring (bicyclic) bond motifs is 16. The Kier molecular flexibility index (Phi) is 14.2. The van der Waals surface area contributed by atoms with Crippen molar-refractivity contribution in [2.75, 3.05) is 4.90 Å². The van der Waals surface area contributed by atoms with Gasteiger partial charge in [0.05, 0.1) is 22.4 Å². The van der Waals surface area contributed by atoms with Gasteiger partial charge in [-0.3, -0.25) is 0 Å². The van der Waals surface area contributed by atoms with Crippen LogP contribution in [0.5, 0.6) is 0 Å². The van der Waals surface area contributed by atoms with Crippen LogP contribution in [0.25, 0.3) is 138 Å². The van der Waals surface area contributed by atoms with Crippen LogP contribution in [0.3, 0.4) is 0 Å². The number of hydrogen-bond donors (Lipinski definition) is 0. The van der Waals surface area contributed by atoms with Gasteiger partial charge in [0.25, 0.3) is 6.71 Å². The summed E-state index contributed by atoms with van der Waals surface area (Å²) in [6.45, 7) is 20.7. The van der Waals surface area contributed by atoms with Crippen molar-refractivity contribution in [1.29, 1.82) is 0 Å². The number of rotatable bonds is 8. The van der Waals surface area contributed by atoms with Gasteiger partial charge in [-0.05, 0) is 223 Å². The van der Waals surface area contributed by atoms with E-state index in [-0.39, 0.29) is 23.0 Å². The second-order valence-corrected chi connectivity index (χ2v) is 32.6. The monoisotopic (exact) mass is 1310 g/mol. The molecule has 19 rings (SSSR count). The lowest BCUT2D eigenvalue weighted by Crippen LogP contribution is -2.60. The van der Waals surface area contributed by atoms with Crippen molar-refractivity contribution in [1.82, 2.24) is 4.57 Å². The van der Waals surface area contributed by atoms with Crippen LogP contribution in [0.4, 0.5) is 17.1 Å². The van der Waals surface area contributed by atoms with Gasteiger partial charge >= 0.3 is 0 Å². The summed E-state index contributed by atoms with van der Waals surface area (Å²) in [6, 6.07) is 105. The molecule has 3 nitrogen and oxygen atoms in total. The Morgan fingerprint density at radius 3 is 1.64 bits per heavy atom. The third-order valence-electron chi connectivity index (χ3n) is 23.1. The molecule has 2 aromatic heterocycles. The molecule has 3 aliphatic rings. The summed E-state index contributed by atoms with van der Waals surface area (Å²) in [5.41, 5.74) is 30.5. The molecule has 0 radical (unpaired) electrons. The third kappa shape index (κ3) is 9.91. The average Bonchev–Trinajstić information content (AvgIpc) is 1.46. The fraction of sp³-hybridized carbons (Fsp3) is 0.184. The van der Waals surface area contributed by atoms with Crippen LogP contribution in [-0.4, -0.2) is 11.3 Å². The lowest BCUT2D eigenvalue weighted by atomic mass is 9.35. The molecule has 2 aliphatic heterocycles. The molecule has 4 heteroatoms. The number of para-hydroxylation sites is 1. The molecule has 14 aromatic carbocycles. The van der Waals surface area contributed by atoms with Gasteiger partial charge in [0.2, 0.25) is 0 Å². The minimum atomic E-state index is -0.317. The predicted octanol–water partition coefficient (Wildman–Crippen LogP) is 25.5. The lowest BCUT2D eigenvalue weighted by Gasteiger charge is -2.39. The minimum Gasteiger partial charge on any atom is -0.468 e. The molecule has 0 atom stereocenters. The summed E-state index contributed by atoms with van der Waals surface area (Å²) in [5.74, 6) is 0.514. The second kappa shape index (κ2) is 23.3. The molecule has 0 saturated heterocycles. The molecular formula is C98H83BN2O. The van der Waals surface area contributed by atoms with E-state index in [1.807, 2.05) is 0 Å². The predicted molar refractivity (Wildman–Crippen MR) is 437 cm³/mol. The Morgan fingerprint density at radius 2 is 0.951 bits per heavy atom. The van der Waals surface area contributed by atoms with Gasteiger partial charge in [0.15, 0.2) is 0 Å². The quantitative estimate of drug-likeness (QED) is 0.112. The fourth-order valence-electron chi connectivity index (χ4n) is 18.1. The number of benzene rings is 14. The van der Waals surface area contributed by atoms with E-state index in [0.29, 0.717) is 5.92 Å². The van der Waals surface area contributed by atoms with E-state index in [0.717, 1.165) is 50.5 Å². The van der Waals surface area contributed by atoms with Crippen molar-refractivity contribution < 1.29 is 4.42 Å². The fourth-order valence-corrected chi connectivity index (χ4v) is 18.1. The summed E-state index contributed by atoms with van der Waals surface area (Å²) in [5, 5.41) is 11.2. The van der Waals surface area contributed by atoms with E-state index < -0.39 is 0 Å². The summed E-state index contributed by atoms with van der Waals surface area (Å²) >= 11 is 0. The van der Waals surface area contributed by atoms with Crippen molar-refractivity contribution in [3.63, 3.8) is 0 Å². The number of anilines is 3. The number of hydrogen-bond acceptors (Lipinski definition) is 2. The SMILES string of the molecule is CC(C)(C)c1ccc(-c2cc(N3c4cc(-c5c(-c6cccc(-c7ccccc7)c6)cc(-c6ccccc6)cc5-c5cccc(C6CCCCC6)c5)cc5c4B(c4oc6ccc(C(C)(C)C)cc6c43)c3cc4c6ccccc6c6ccccc6c4c4c6ccccc6n-5c34)ccc2C(C)(C)C)cc1. The first kappa shape index (κ1) is 62.1. The largest absolute Gasteiger partial charge is 0.468 e. The Morgan fingerprint density at radius 1 is 0.373 bits per heavy atom. The van der Waals surface area contributed by atoms with Crippen LogP contribution >= 0.6 is 0 Å². The molecule has 16 aromatic rings. The first-order valence-corrected chi connectivity index (χ1v) is 37.1. The lowest BCUT2D eigenvalue weighted by molar-refractivity contribution is 0.444. The second-order valence-electron chi connectivity index (χ2n) is 32.6. The van der Waals surface area contributed by atoms with Crippen molar-refractivity contribution in [2.45, 2.75) is 117 Å². The van der Waals surface area contributed by atoms with Gasteiger partial charge in [0.1, 0.15) is 5.58 Å². The van der Waals surface area contributed by atoms with Crippen LogP contribution in [0.1, 0.15) is 123 Å². The summed E-state index contributed by atoms with van der Waals surface area (Å²) in [6.07, 6.45) is 6.27. The summed E-state index contributed by atoms with van der Waals surface area (Å²) < 4.78 is 10.6. The average molecular weight is 1320 g/mol. The number of aromatic nitrogens is 1. The van der Waals surface area contributed by atoms with Gasteiger partial charge in [-0.1, -0.05) is 294 Å². The van der Waals surface area contributed by atoms with Crippen LogP contribution in [-0.2, 0) is 16.2 Å². The first-order valence-electron chi connectivity index (χ1n) is 37.1. The van der Waals surface area contributed by atoms with Crippen LogP contribution in [0.15, 0.2) is 277 Å². The normalized spacial score (nSPS) is 14.0. The highest BCUT2D eigenvalue weighted by atomic mass is 16.3. The molecule has 0 amide bonds. The van der Waals surface area contributed by atoms with Crippen LogP contribution in [0, 0.1) is 0 Å². The number of furan rings is 1. The molecule has 0 spiro atoms. The molecule has 102 heavy (non-hydrogen) atoms. The van der Waals surface area contributed by atoms with E-state index in [2.05, 4.69) is 345 Å². The Bertz CT molecular complexity index is 6100. The smallest absolute Gasteiger partial charge is 0.297 e. The topological polar surface area (TPSA) is 21.3 Å². The zero-order valence-corrected chi connectivity index (χ0v) is 60.0. The van der Waals surface area contributed by atoms with Gasteiger partial charge in [-0.25, -0.2) is 0 Å². The van der Waals surface area contributed by atoms with Crippen LogP contribution in [0.2, 0.25) is 0 Å². The van der Waals surface area contributed by atoms with E-state index in [4.69, 9.17) is 4.42 Å². The Balaban J connectivity index is 1.01.